The summed E-state index contributed by atoms with van der Waals surface area (Å²) in [5.41, 5.74) is 0. The standard InChI is InChI=1S/C40H67NO7/c1-6-8-10-12-14-16-18-19-21-23-25-27-29-31-39(43)48-36(34-46-33-32-37(40(44)45)41(3,4)5)35-47-38(42)30-28-26-24-22-20-17-15-13-11-9-7-2/h9,11,15,17,19,21-22,24-25,27,36-37H,6-8,10,12-14,16,18,20,23,26,28-35H2,1-5H3/p+1/b11-9+,17-15+,21-19+,24-22+,27-25+. The first-order valence-corrected chi connectivity index (χ1v) is 18.3. The summed E-state index contributed by atoms with van der Waals surface area (Å²) in [4.78, 5) is 36.6. The van der Waals surface area contributed by atoms with Crippen LogP contribution in [-0.4, -0.2) is 80.6 Å². The van der Waals surface area contributed by atoms with Crippen LogP contribution in [0.1, 0.15) is 123 Å². The van der Waals surface area contributed by atoms with Gasteiger partial charge in [-0.2, -0.15) is 0 Å². The van der Waals surface area contributed by atoms with E-state index < -0.39 is 24.1 Å². The summed E-state index contributed by atoms with van der Waals surface area (Å²) >= 11 is 0. The van der Waals surface area contributed by atoms with Crippen molar-refractivity contribution in [2.45, 2.75) is 135 Å². The zero-order chi connectivity index (χ0) is 35.7. The molecule has 8 heteroatoms. The van der Waals surface area contributed by atoms with E-state index in [1.165, 1.54) is 38.5 Å². The molecule has 0 aliphatic carbocycles. The third-order valence-corrected chi connectivity index (χ3v) is 7.66. The number of aliphatic carboxylic acids is 1. The van der Waals surface area contributed by atoms with Gasteiger partial charge in [0.25, 0.3) is 0 Å². The van der Waals surface area contributed by atoms with Crippen LogP contribution in [0.2, 0.25) is 0 Å². The second kappa shape index (κ2) is 31.3. The smallest absolute Gasteiger partial charge is 0.362 e. The summed E-state index contributed by atoms with van der Waals surface area (Å²) in [6, 6.07) is -0.631. The van der Waals surface area contributed by atoms with E-state index in [1.54, 1.807) is 0 Å². The number of esters is 2. The molecule has 0 spiro atoms. The molecule has 1 N–H and O–H groups in total. The maximum absolute atomic E-state index is 12.6. The number of carbonyl (C=O) groups is 3. The topological polar surface area (TPSA) is 99.1 Å². The van der Waals surface area contributed by atoms with E-state index in [4.69, 9.17) is 14.2 Å². The number of likely N-dealkylation sites (N-methyl/N-ethyl adjacent to an activating group) is 1. The Balaban J connectivity index is 4.62. The van der Waals surface area contributed by atoms with Gasteiger partial charge in [-0.05, 0) is 57.8 Å². The number of quaternary nitrogens is 1. The molecule has 2 unspecified atom stereocenters. The molecule has 0 radical (unpaired) electrons. The highest BCUT2D eigenvalue weighted by Gasteiger charge is 2.31. The zero-order valence-corrected chi connectivity index (χ0v) is 30.9. The predicted octanol–water partition coefficient (Wildman–Crippen LogP) is 9.07. The lowest BCUT2D eigenvalue weighted by Crippen LogP contribution is -2.50. The molecule has 0 heterocycles. The van der Waals surface area contributed by atoms with Crippen LogP contribution in [0.25, 0.3) is 0 Å². The van der Waals surface area contributed by atoms with Crippen molar-refractivity contribution >= 4 is 17.9 Å². The Morgan fingerprint density at radius 2 is 1.21 bits per heavy atom. The van der Waals surface area contributed by atoms with Gasteiger partial charge < -0.3 is 23.8 Å². The minimum atomic E-state index is -0.893. The van der Waals surface area contributed by atoms with Gasteiger partial charge in [0, 0.05) is 19.3 Å². The maximum Gasteiger partial charge on any atom is 0.362 e. The van der Waals surface area contributed by atoms with Crippen molar-refractivity contribution < 1.29 is 38.2 Å². The molecule has 0 aliphatic rings. The van der Waals surface area contributed by atoms with E-state index >= 15 is 0 Å². The number of rotatable bonds is 31. The average molecular weight is 675 g/mol. The number of hydrogen-bond donors (Lipinski definition) is 1. The van der Waals surface area contributed by atoms with Gasteiger partial charge in [-0.3, -0.25) is 9.59 Å². The molecule has 8 nitrogen and oxygen atoms in total. The van der Waals surface area contributed by atoms with Crippen molar-refractivity contribution in [1.29, 1.82) is 0 Å². The van der Waals surface area contributed by atoms with E-state index in [2.05, 4.69) is 68.5 Å². The van der Waals surface area contributed by atoms with Crippen LogP contribution in [0, 0.1) is 0 Å². The number of carboxylic acid groups (broad SMARTS) is 1. The van der Waals surface area contributed by atoms with E-state index in [0.29, 0.717) is 19.3 Å². The fourth-order valence-electron chi connectivity index (χ4n) is 4.81. The number of nitrogens with zero attached hydrogens (tertiary/aromatic N) is 1. The van der Waals surface area contributed by atoms with Gasteiger partial charge >= 0.3 is 17.9 Å². The van der Waals surface area contributed by atoms with Gasteiger partial charge in [-0.15, -0.1) is 0 Å². The zero-order valence-electron chi connectivity index (χ0n) is 30.9. The third-order valence-electron chi connectivity index (χ3n) is 7.66. The number of hydrogen-bond acceptors (Lipinski definition) is 6. The monoisotopic (exact) mass is 674 g/mol. The fourth-order valence-corrected chi connectivity index (χ4v) is 4.81. The molecule has 274 valence electrons. The SMILES string of the molecule is CC/C=C/C/C=C/C/C=C/CCCC(=O)OCC(COCCC(C(=O)O)[N+](C)(C)C)OC(=O)CC/C=C/C/C=C/CCCCCCCC. The molecule has 2 atom stereocenters. The molecule has 0 aromatic carbocycles. The molecule has 0 rings (SSSR count). The molecule has 0 aromatic rings. The van der Waals surface area contributed by atoms with Crippen molar-refractivity contribution in [3.05, 3.63) is 60.8 Å². The minimum Gasteiger partial charge on any atom is -0.477 e. The van der Waals surface area contributed by atoms with Gasteiger partial charge in [-0.1, -0.05) is 107 Å². The van der Waals surface area contributed by atoms with E-state index in [9.17, 15) is 19.5 Å². The maximum atomic E-state index is 12.6. The lowest BCUT2D eigenvalue weighted by Gasteiger charge is -2.31. The Kier molecular flexibility index (Phi) is 29.4. The van der Waals surface area contributed by atoms with Crippen LogP contribution in [0.3, 0.4) is 0 Å². The van der Waals surface area contributed by atoms with E-state index in [1.807, 2.05) is 27.2 Å². The van der Waals surface area contributed by atoms with Crippen molar-refractivity contribution in [2.75, 3.05) is 41.0 Å². The summed E-state index contributed by atoms with van der Waals surface area (Å²) < 4.78 is 17.0. The van der Waals surface area contributed by atoms with E-state index in [-0.39, 0.29) is 43.1 Å². The van der Waals surface area contributed by atoms with Crippen LogP contribution in [-0.2, 0) is 28.6 Å². The summed E-state index contributed by atoms with van der Waals surface area (Å²) in [5.74, 6) is -1.63. The summed E-state index contributed by atoms with van der Waals surface area (Å²) in [7, 11) is 5.47. The quantitative estimate of drug-likeness (QED) is 0.0339. The molecule has 0 amide bonds. The van der Waals surface area contributed by atoms with Gasteiger partial charge in [0.15, 0.2) is 12.1 Å². The second-order valence-electron chi connectivity index (χ2n) is 13.1. The largest absolute Gasteiger partial charge is 0.477 e. The van der Waals surface area contributed by atoms with Crippen molar-refractivity contribution in [2.24, 2.45) is 0 Å². The van der Waals surface area contributed by atoms with Gasteiger partial charge in [0.05, 0.1) is 34.4 Å². The first-order chi connectivity index (χ1) is 23.1. The Bertz CT molecular complexity index is 975. The molecule has 0 fully saturated rings. The van der Waals surface area contributed by atoms with Gasteiger partial charge in [0.1, 0.15) is 6.61 Å². The Morgan fingerprint density at radius 1 is 0.646 bits per heavy atom. The molecule has 48 heavy (non-hydrogen) atoms. The highest BCUT2D eigenvalue weighted by molar-refractivity contribution is 5.72. The molecular formula is C40H68NO7+. The minimum absolute atomic E-state index is 0.0201. The third kappa shape index (κ3) is 29.2. The van der Waals surface area contributed by atoms with Gasteiger partial charge in [-0.25, -0.2) is 4.79 Å². The number of allylic oxidation sites excluding steroid dienone is 10. The van der Waals surface area contributed by atoms with Crippen LogP contribution >= 0.6 is 0 Å². The summed E-state index contributed by atoms with van der Waals surface area (Å²) in [6.45, 7) is 4.45. The summed E-state index contributed by atoms with van der Waals surface area (Å²) in [5, 5.41) is 9.56. The van der Waals surface area contributed by atoms with Crippen LogP contribution in [0.4, 0.5) is 0 Å². The lowest BCUT2D eigenvalue weighted by atomic mass is 10.1. The Hall–Kier alpha value is -2.97. The first-order valence-electron chi connectivity index (χ1n) is 18.3. The molecule has 0 saturated carbocycles. The number of carboxylic acids is 1. The summed E-state index contributed by atoms with van der Waals surface area (Å²) in [6.07, 6.45) is 35.8. The highest BCUT2D eigenvalue weighted by atomic mass is 16.6. The van der Waals surface area contributed by atoms with Crippen LogP contribution < -0.4 is 0 Å². The Morgan fingerprint density at radius 3 is 1.81 bits per heavy atom. The van der Waals surface area contributed by atoms with Crippen LogP contribution in [0.5, 0.6) is 0 Å². The Labute approximate surface area is 292 Å². The highest BCUT2D eigenvalue weighted by Crippen LogP contribution is 2.11. The number of carbonyl (C=O) groups excluding carboxylic acids is 2. The first kappa shape index (κ1) is 45.0. The molecule has 0 bridgehead atoms. The van der Waals surface area contributed by atoms with Crippen molar-refractivity contribution in [1.82, 2.24) is 0 Å². The normalized spacial score (nSPS) is 13.8. The van der Waals surface area contributed by atoms with Crippen LogP contribution in [0.15, 0.2) is 60.8 Å². The van der Waals surface area contributed by atoms with E-state index in [0.717, 1.165) is 38.5 Å². The molecule has 0 aromatic heterocycles. The predicted molar refractivity (Wildman–Crippen MR) is 197 cm³/mol. The lowest BCUT2D eigenvalue weighted by molar-refractivity contribution is -0.887. The van der Waals surface area contributed by atoms with Crippen molar-refractivity contribution in [3.8, 4) is 0 Å². The average Bonchev–Trinajstić information content (AvgIpc) is 3.03. The molecule has 0 saturated heterocycles. The molecular weight excluding hydrogens is 606 g/mol. The van der Waals surface area contributed by atoms with Crippen molar-refractivity contribution in [3.63, 3.8) is 0 Å². The fraction of sp³-hybridized carbons (Fsp3) is 0.675. The molecule has 0 aliphatic heterocycles. The van der Waals surface area contributed by atoms with Gasteiger partial charge in [0.2, 0.25) is 0 Å². The number of unbranched alkanes of at least 4 members (excludes halogenated alkanes) is 7. The second-order valence-corrected chi connectivity index (χ2v) is 13.1. The number of ether oxygens (including phenoxy) is 3.